The molecule has 1 saturated carbocycles. The number of rotatable bonds is 5. The lowest BCUT2D eigenvalue weighted by Gasteiger charge is -2.34. The van der Waals surface area contributed by atoms with Crippen LogP contribution in [0.3, 0.4) is 0 Å². The Kier molecular flexibility index (Phi) is 7.57. The number of likely N-dealkylation sites (N-methyl/N-ethyl adjacent to an activating group) is 1. The quantitative estimate of drug-likeness (QED) is 0.452. The minimum absolute atomic E-state index is 0. The lowest BCUT2D eigenvalue weighted by atomic mass is 9.91. The first-order valence-corrected chi connectivity index (χ1v) is 14.8. The van der Waals surface area contributed by atoms with Gasteiger partial charge in [0.05, 0.1) is 12.6 Å². The minimum Gasteiger partial charge on any atom is -0.462 e. The van der Waals surface area contributed by atoms with Crippen LogP contribution in [0.25, 0.3) is 22.2 Å². The number of likely N-dealkylation sites (tertiary alicyclic amines) is 1. The van der Waals surface area contributed by atoms with Gasteiger partial charge in [0.2, 0.25) is 0 Å². The van der Waals surface area contributed by atoms with Crippen molar-refractivity contribution in [1.82, 2.24) is 25.2 Å². The van der Waals surface area contributed by atoms with Gasteiger partial charge >= 0.3 is 6.01 Å². The molecule has 1 aromatic carbocycles. The van der Waals surface area contributed by atoms with E-state index in [-0.39, 0.29) is 23.4 Å². The molecule has 0 amide bonds. The molecule has 2 bridgehead atoms. The van der Waals surface area contributed by atoms with Crippen molar-refractivity contribution in [3.8, 4) is 17.3 Å². The van der Waals surface area contributed by atoms with Crippen LogP contribution in [0.1, 0.15) is 57.5 Å². The molecular formula is C31H41F3N6O. The van der Waals surface area contributed by atoms with Gasteiger partial charge in [-0.05, 0) is 81.5 Å². The topological polar surface area (TPSA) is 66.4 Å². The summed E-state index contributed by atoms with van der Waals surface area (Å²) in [5.74, 6) is 0.390. The Balaban J connectivity index is 0.000000864. The van der Waals surface area contributed by atoms with E-state index in [0.717, 1.165) is 43.9 Å². The van der Waals surface area contributed by atoms with Crippen LogP contribution in [0.4, 0.5) is 19.3 Å². The Morgan fingerprint density at radius 3 is 2.59 bits per heavy atom. The second-order valence-corrected chi connectivity index (χ2v) is 12.3. The zero-order chi connectivity index (χ0) is 27.4. The second-order valence-electron chi connectivity index (χ2n) is 12.3. The number of hydrogen-bond acceptors (Lipinski definition) is 7. The SMILES string of the molecule is CF.CN1CCC[C@H]1COc1nc(N2CC3CCC(C2)N3)c2cnc(-c3cccc4c3C3(CC4)CC3)c(F)c2n1.F.[HH]. The van der Waals surface area contributed by atoms with Crippen molar-refractivity contribution in [2.45, 2.75) is 74.9 Å². The molecule has 8 rings (SSSR count). The molecule has 2 aromatic heterocycles. The lowest BCUT2D eigenvalue weighted by molar-refractivity contribution is 0.188. The van der Waals surface area contributed by atoms with E-state index in [2.05, 4.69) is 34.3 Å². The maximum absolute atomic E-state index is 16.5. The lowest BCUT2D eigenvalue weighted by Crippen LogP contribution is -2.51. The number of piperazine rings is 1. The van der Waals surface area contributed by atoms with Crippen molar-refractivity contribution in [3.05, 3.63) is 41.3 Å². The highest BCUT2D eigenvalue weighted by atomic mass is 19.1. The average Bonchev–Trinajstić information content (AvgIpc) is 3.32. The fourth-order valence-electron chi connectivity index (χ4n) is 7.63. The summed E-state index contributed by atoms with van der Waals surface area (Å²) in [7, 11) is 2.63. The first-order valence-electron chi connectivity index (χ1n) is 14.8. The van der Waals surface area contributed by atoms with Crippen LogP contribution in [0.2, 0.25) is 0 Å². The van der Waals surface area contributed by atoms with E-state index < -0.39 is 0 Å². The largest absolute Gasteiger partial charge is 0.462 e. The van der Waals surface area contributed by atoms with Crippen molar-refractivity contribution in [2.75, 3.05) is 45.4 Å². The van der Waals surface area contributed by atoms with Crippen molar-refractivity contribution >= 4 is 16.7 Å². The number of aryl methyl sites for hydroxylation is 1. The van der Waals surface area contributed by atoms with Gasteiger partial charge in [0.25, 0.3) is 0 Å². The number of benzene rings is 1. The average molecular weight is 571 g/mol. The van der Waals surface area contributed by atoms with Gasteiger partial charge in [-0.25, -0.2) is 4.39 Å². The summed E-state index contributed by atoms with van der Waals surface area (Å²) in [4.78, 5) is 18.9. The molecule has 5 heterocycles. The number of nitrogens with zero attached hydrogens (tertiary/aromatic N) is 5. The third-order valence-electron chi connectivity index (χ3n) is 9.90. The maximum Gasteiger partial charge on any atom is 0.319 e. The Hall–Kier alpha value is -2.98. The number of aromatic nitrogens is 3. The number of nitrogens with one attached hydrogen (secondary N) is 1. The van der Waals surface area contributed by atoms with E-state index >= 15 is 4.39 Å². The molecule has 2 aliphatic carbocycles. The van der Waals surface area contributed by atoms with Gasteiger partial charge in [0.1, 0.15) is 23.6 Å². The summed E-state index contributed by atoms with van der Waals surface area (Å²) in [6.45, 7) is 3.30. The molecule has 5 aliphatic rings. The van der Waals surface area contributed by atoms with Crippen LogP contribution in [-0.2, 0) is 11.8 Å². The highest BCUT2D eigenvalue weighted by molar-refractivity contribution is 5.92. The fourth-order valence-corrected chi connectivity index (χ4v) is 7.63. The van der Waals surface area contributed by atoms with E-state index in [4.69, 9.17) is 19.7 Å². The molecular weight excluding hydrogens is 529 g/mol. The molecule has 41 heavy (non-hydrogen) atoms. The first-order chi connectivity index (χ1) is 19.6. The smallest absolute Gasteiger partial charge is 0.319 e. The Labute approximate surface area is 240 Å². The number of pyridine rings is 1. The molecule has 7 nitrogen and oxygen atoms in total. The summed E-state index contributed by atoms with van der Waals surface area (Å²) >= 11 is 0. The molecule has 3 aromatic rings. The molecule has 3 atom stereocenters. The molecule has 1 N–H and O–H groups in total. The standard InChI is InChI=1S/C30H35FN6O.CH3F.FH.H2/c1-36-13-3-5-21(36)17-38-29-34-27-23(28(35-29)37-15-19-7-8-20(16-37)33-19)14-32-26(25(27)31)22-6-2-4-18-9-10-30(11-12-30)24(18)22;1-2;;/h2,4,6,14,19-21,33H,3,5,7-13,15-17H2,1H3;1H3;2*1H/t19?,20?,21-;;;/m0.../s1. The summed E-state index contributed by atoms with van der Waals surface area (Å²) in [6, 6.07) is 7.79. The van der Waals surface area contributed by atoms with Gasteiger partial charge in [-0.1, -0.05) is 18.2 Å². The summed E-state index contributed by atoms with van der Waals surface area (Å²) < 4.78 is 32.2. The molecule has 10 heteroatoms. The first kappa shape index (κ1) is 28.2. The monoisotopic (exact) mass is 570 g/mol. The van der Waals surface area contributed by atoms with Crippen LogP contribution in [-0.4, -0.2) is 78.4 Å². The van der Waals surface area contributed by atoms with Gasteiger partial charge < -0.3 is 19.9 Å². The number of fused-ring (bicyclic) bond motifs is 5. The molecule has 1 spiro atoms. The number of anilines is 1. The van der Waals surface area contributed by atoms with Gasteiger partial charge in [-0.15, -0.1) is 0 Å². The van der Waals surface area contributed by atoms with E-state index in [1.54, 1.807) is 6.20 Å². The third-order valence-corrected chi connectivity index (χ3v) is 9.90. The van der Waals surface area contributed by atoms with Crippen molar-refractivity contribution in [2.24, 2.45) is 0 Å². The maximum atomic E-state index is 16.5. The second kappa shape index (κ2) is 11.0. The third kappa shape index (κ3) is 4.82. The predicted molar refractivity (Wildman–Crippen MR) is 157 cm³/mol. The van der Waals surface area contributed by atoms with Gasteiger partial charge in [0.15, 0.2) is 5.82 Å². The molecule has 2 unspecified atom stereocenters. The molecule has 4 fully saturated rings. The normalized spacial score (nSPS) is 25.6. The molecule has 0 radical (unpaired) electrons. The van der Waals surface area contributed by atoms with Gasteiger partial charge in [-0.3, -0.25) is 14.1 Å². The van der Waals surface area contributed by atoms with Crippen LogP contribution >= 0.6 is 0 Å². The zero-order valence-electron chi connectivity index (χ0n) is 23.8. The van der Waals surface area contributed by atoms with E-state index in [0.29, 0.717) is 48.5 Å². The summed E-state index contributed by atoms with van der Waals surface area (Å²) in [6.07, 6.45) is 11.0. The van der Waals surface area contributed by atoms with E-state index in [1.807, 2.05) is 6.07 Å². The van der Waals surface area contributed by atoms with Crippen molar-refractivity contribution in [3.63, 3.8) is 0 Å². The highest BCUT2D eigenvalue weighted by Gasteiger charge is 2.50. The number of alkyl halides is 1. The molecule has 3 aliphatic heterocycles. The van der Waals surface area contributed by atoms with E-state index in [1.165, 1.54) is 49.7 Å². The summed E-state index contributed by atoms with van der Waals surface area (Å²) in [5, 5.41) is 4.36. The molecule has 3 saturated heterocycles. The van der Waals surface area contributed by atoms with Gasteiger partial charge in [-0.2, -0.15) is 9.97 Å². The fraction of sp³-hybridized carbons (Fsp3) is 0.581. The highest BCUT2D eigenvalue weighted by Crippen LogP contribution is 2.59. The van der Waals surface area contributed by atoms with Crippen molar-refractivity contribution in [1.29, 1.82) is 0 Å². The summed E-state index contributed by atoms with van der Waals surface area (Å²) in [5.41, 5.74) is 4.57. The minimum atomic E-state index is -0.358. The number of hydrogen-bond donors (Lipinski definition) is 1. The Morgan fingerprint density at radius 1 is 1.10 bits per heavy atom. The molecule has 222 valence electrons. The Morgan fingerprint density at radius 2 is 1.88 bits per heavy atom. The number of ether oxygens (including phenoxy) is 1. The zero-order valence-corrected chi connectivity index (χ0v) is 23.8. The van der Waals surface area contributed by atoms with Crippen molar-refractivity contribution < 1.29 is 19.6 Å². The predicted octanol–water partition coefficient (Wildman–Crippen LogP) is 5.21. The van der Waals surface area contributed by atoms with Crippen LogP contribution in [0.5, 0.6) is 6.01 Å². The van der Waals surface area contributed by atoms with E-state index in [9.17, 15) is 4.39 Å². The van der Waals surface area contributed by atoms with Crippen LogP contribution < -0.4 is 15.0 Å². The number of halogens is 3. The van der Waals surface area contributed by atoms with Crippen LogP contribution in [0.15, 0.2) is 24.4 Å². The van der Waals surface area contributed by atoms with Crippen LogP contribution in [0, 0.1) is 5.82 Å². The van der Waals surface area contributed by atoms with Gasteiger partial charge in [0, 0.05) is 44.4 Å². The Bertz CT molecular complexity index is 1430.